The van der Waals surface area contributed by atoms with Crippen LogP contribution in [0.1, 0.15) is 16.8 Å². The second-order valence-electron chi connectivity index (χ2n) is 5.00. The molecule has 0 bridgehead atoms. The van der Waals surface area contributed by atoms with Crippen LogP contribution in [0.15, 0.2) is 36.7 Å². The normalized spacial score (nSPS) is 10.3. The Kier molecular flexibility index (Phi) is 3.65. The number of nitriles is 1. The van der Waals surface area contributed by atoms with Gasteiger partial charge in [-0.15, -0.1) is 0 Å². The summed E-state index contributed by atoms with van der Waals surface area (Å²) in [5.41, 5.74) is 7.92. The highest BCUT2D eigenvalue weighted by Crippen LogP contribution is 2.23. The van der Waals surface area contributed by atoms with Crippen LogP contribution in [0.3, 0.4) is 0 Å². The van der Waals surface area contributed by atoms with Gasteiger partial charge in [-0.25, -0.2) is 9.97 Å². The lowest BCUT2D eigenvalue weighted by atomic mass is 10.2. The number of benzene rings is 1. The molecule has 3 rings (SSSR count). The lowest BCUT2D eigenvalue weighted by Gasteiger charge is -2.07. The molecule has 0 atom stereocenters. The fourth-order valence-electron chi connectivity index (χ4n) is 2.16. The van der Waals surface area contributed by atoms with E-state index in [1.807, 2.05) is 37.3 Å². The van der Waals surface area contributed by atoms with E-state index in [0.29, 0.717) is 28.7 Å². The number of anilines is 1. The van der Waals surface area contributed by atoms with Crippen molar-refractivity contribution in [3.63, 3.8) is 0 Å². The van der Waals surface area contributed by atoms with Gasteiger partial charge in [0, 0.05) is 6.07 Å². The van der Waals surface area contributed by atoms with Gasteiger partial charge in [0.05, 0.1) is 5.69 Å². The van der Waals surface area contributed by atoms with Crippen molar-refractivity contribution >= 4 is 5.82 Å². The molecule has 3 aromatic rings. The predicted octanol–water partition coefficient (Wildman–Crippen LogP) is 2.53. The van der Waals surface area contributed by atoms with Gasteiger partial charge in [-0.3, -0.25) is 0 Å². The summed E-state index contributed by atoms with van der Waals surface area (Å²) in [4.78, 5) is 8.23. The summed E-state index contributed by atoms with van der Waals surface area (Å²) in [5, 5.41) is 13.3. The fraction of sp³-hybridized carbons (Fsp3) is 0.125. The Hall–Kier alpha value is -3.40. The summed E-state index contributed by atoms with van der Waals surface area (Å²) in [6.07, 6.45) is 1.36. The third-order valence-electron chi connectivity index (χ3n) is 3.26. The standard InChI is InChI=1S/C16H14N6O/c1-10-4-3-5-12(6-10)23-15-7-14(19-9-20-15)22-16(18)13(8-17)11(2)21-22/h3-7,9H,18H2,1-2H3. The average Bonchev–Trinajstić information content (AvgIpc) is 2.82. The van der Waals surface area contributed by atoms with Crippen molar-refractivity contribution in [1.29, 1.82) is 5.26 Å². The lowest BCUT2D eigenvalue weighted by Crippen LogP contribution is -2.05. The fourth-order valence-corrected chi connectivity index (χ4v) is 2.16. The zero-order valence-corrected chi connectivity index (χ0v) is 12.7. The van der Waals surface area contributed by atoms with E-state index >= 15 is 0 Å². The van der Waals surface area contributed by atoms with Gasteiger partial charge in [0.1, 0.15) is 29.5 Å². The van der Waals surface area contributed by atoms with E-state index in [4.69, 9.17) is 15.7 Å². The van der Waals surface area contributed by atoms with Gasteiger partial charge < -0.3 is 10.5 Å². The first kappa shape index (κ1) is 14.5. The van der Waals surface area contributed by atoms with E-state index in [2.05, 4.69) is 15.1 Å². The van der Waals surface area contributed by atoms with E-state index < -0.39 is 0 Å². The van der Waals surface area contributed by atoms with Crippen LogP contribution in [0.5, 0.6) is 11.6 Å². The molecule has 7 nitrogen and oxygen atoms in total. The molecule has 0 saturated heterocycles. The molecule has 0 aliphatic carbocycles. The first-order valence-corrected chi connectivity index (χ1v) is 6.90. The molecule has 0 unspecified atom stereocenters. The lowest BCUT2D eigenvalue weighted by molar-refractivity contribution is 0.460. The molecule has 114 valence electrons. The van der Waals surface area contributed by atoms with E-state index in [1.54, 1.807) is 13.0 Å². The largest absolute Gasteiger partial charge is 0.439 e. The third kappa shape index (κ3) is 2.82. The van der Waals surface area contributed by atoms with Gasteiger partial charge >= 0.3 is 0 Å². The molecular formula is C16H14N6O. The van der Waals surface area contributed by atoms with E-state index in [9.17, 15) is 0 Å². The first-order valence-electron chi connectivity index (χ1n) is 6.90. The Morgan fingerprint density at radius 3 is 2.74 bits per heavy atom. The second kappa shape index (κ2) is 5.77. The minimum atomic E-state index is 0.241. The van der Waals surface area contributed by atoms with Crippen LogP contribution in [0.4, 0.5) is 5.82 Å². The summed E-state index contributed by atoms with van der Waals surface area (Å²) in [7, 11) is 0. The Bertz CT molecular complexity index is 909. The highest BCUT2D eigenvalue weighted by molar-refractivity contribution is 5.55. The van der Waals surface area contributed by atoms with Gasteiger partial charge in [-0.2, -0.15) is 15.0 Å². The number of hydrogen-bond acceptors (Lipinski definition) is 6. The number of rotatable bonds is 3. The second-order valence-corrected chi connectivity index (χ2v) is 5.00. The number of ether oxygens (including phenoxy) is 1. The van der Waals surface area contributed by atoms with Gasteiger partial charge in [0.2, 0.25) is 5.88 Å². The molecule has 2 aromatic heterocycles. The van der Waals surface area contributed by atoms with Crippen molar-refractivity contribution in [1.82, 2.24) is 19.7 Å². The molecule has 1 aromatic carbocycles. The molecule has 0 aliphatic heterocycles. The van der Waals surface area contributed by atoms with Crippen LogP contribution in [0.2, 0.25) is 0 Å². The van der Waals surface area contributed by atoms with E-state index in [-0.39, 0.29) is 5.82 Å². The molecule has 23 heavy (non-hydrogen) atoms. The summed E-state index contributed by atoms with van der Waals surface area (Å²) >= 11 is 0. The van der Waals surface area contributed by atoms with E-state index in [1.165, 1.54) is 11.0 Å². The van der Waals surface area contributed by atoms with Crippen LogP contribution >= 0.6 is 0 Å². The molecule has 0 amide bonds. The monoisotopic (exact) mass is 306 g/mol. The molecule has 0 radical (unpaired) electrons. The maximum absolute atomic E-state index is 9.09. The third-order valence-corrected chi connectivity index (χ3v) is 3.26. The van der Waals surface area contributed by atoms with Crippen molar-refractivity contribution < 1.29 is 4.74 Å². The molecule has 7 heteroatoms. The van der Waals surface area contributed by atoms with Crippen LogP contribution < -0.4 is 10.5 Å². The molecule has 2 N–H and O–H groups in total. The minimum Gasteiger partial charge on any atom is -0.439 e. The van der Waals surface area contributed by atoms with Crippen molar-refractivity contribution in [2.75, 3.05) is 5.73 Å². The molecule has 0 saturated carbocycles. The number of aryl methyl sites for hydroxylation is 2. The number of nitrogens with zero attached hydrogens (tertiary/aromatic N) is 5. The maximum atomic E-state index is 9.09. The van der Waals surface area contributed by atoms with Crippen molar-refractivity contribution in [2.24, 2.45) is 0 Å². The number of nitrogen functional groups attached to an aromatic ring is 1. The molecule has 2 heterocycles. The van der Waals surface area contributed by atoms with Crippen LogP contribution in [-0.4, -0.2) is 19.7 Å². The quantitative estimate of drug-likeness (QED) is 0.797. The maximum Gasteiger partial charge on any atom is 0.224 e. The summed E-state index contributed by atoms with van der Waals surface area (Å²) in [5.74, 6) is 1.72. The highest BCUT2D eigenvalue weighted by atomic mass is 16.5. The Morgan fingerprint density at radius 1 is 1.22 bits per heavy atom. The average molecular weight is 306 g/mol. The molecule has 0 spiro atoms. The van der Waals surface area contributed by atoms with Crippen LogP contribution in [0, 0.1) is 25.2 Å². The van der Waals surface area contributed by atoms with Crippen LogP contribution in [-0.2, 0) is 0 Å². The van der Waals surface area contributed by atoms with Crippen LogP contribution in [0.25, 0.3) is 5.82 Å². The van der Waals surface area contributed by atoms with Crippen molar-refractivity contribution in [3.05, 3.63) is 53.5 Å². The first-order chi connectivity index (χ1) is 11.1. The zero-order valence-electron chi connectivity index (χ0n) is 12.7. The van der Waals surface area contributed by atoms with Gasteiger partial charge in [0.15, 0.2) is 5.82 Å². The predicted molar refractivity (Wildman–Crippen MR) is 84.3 cm³/mol. The van der Waals surface area contributed by atoms with Crippen molar-refractivity contribution in [3.8, 4) is 23.5 Å². The SMILES string of the molecule is Cc1cccc(Oc2cc(-n3nc(C)c(C#N)c3N)ncn2)c1. The molecule has 0 fully saturated rings. The Labute approximate surface area is 133 Å². The molecular weight excluding hydrogens is 292 g/mol. The highest BCUT2D eigenvalue weighted by Gasteiger charge is 2.15. The molecule has 0 aliphatic rings. The summed E-state index contributed by atoms with van der Waals surface area (Å²) in [6.45, 7) is 3.70. The van der Waals surface area contributed by atoms with Gasteiger partial charge in [-0.1, -0.05) is 12.1 Å². The number of nitrogens with two attached hydrogens (primary N) is 1. The summed E-state index contributed by atoms with van der Waals surface area (Å²) in [6, 6.07) is 11.3. The van der Waals surface area contributed by atoms with Gasteiger partial charge in [-0.05, 0) is 31.5 Å². The minimum absolute atomic E-state index is 0.241. The van der Waals surface area contributed by atoms with Gasteiger partial charge in [0.25, 0.3) is 0 Å². The van der Waals surface area contributed by atoms with E-state index in [0.717, 1.165) is 5.56 Å². The smallest absolute Gasteiger partial charge is 0.224 e. The summed E-state index contributed by atoms with van der Waals surface area (Å²) < 4.78 is 7.13. The zero-order chi connectivity index (χ0) is 16.4. The number of hydrogen-bond donors (Lipinski definition) is 1. The Balaban J connectivity index is 1.96. The topological polar surface area (TPSA) is 103 Å². The Morgan fingerprint density at radius 2 is 2.04 bits per heavy atom. The van der Waals surface area contributed by atoms with Crippen molar-refractivity contribution in [2.45, 2.75) is 13.8 Å². The number of aromatic nitrogens is 4.